The highest BCUT2D eigenvalue weighted by atomic mass is 35.5. The minimum absolute atomic E-state index is 0. The van der Waals surface area contributed by atoms with E-state index in [2.05, 4.69) is 35.1 Å². The average molecular weight is 542 g/mol. The first kappa shape index (κ1) is 33.4. The minimum atomic E-state index is -0.653. The fourth-order valence-electron chi connectivity index (χ4n) is 3.40. The van der Waals surface area contributed by atoms with Crippen LogP contribution in [0.5, 0.6) is 0 Å². The molecule has 6 N–H and O–H groups in total. The number of hydrogen-bond acceptors (Lipinski definition) is 6. The van der Waals surface area contributed by atoms with E-state index in [1.54, 1.807) is 0 Å². The summed E-state index contributed by atoms with van der Waals surface area (Å²) in [7, 11) is 0. The Kier molecular flexibility index (Phi) is 18.1. The molecule has 0 bridgehead atoms. The van der Waals surface area contributed by atoms with Crippen molar-refractivity contribution >= 4 is 42.6 Å². The van der Waals surface area contributed by atoms with Gasteiger partial charge in [-0.15, -0.1) is 24.8 Å². The Morgan fingerprint density at radius 2 is 1.42 bits per heavy atom. The van der Waals surface area contributed by atoms with Gasteiger partial charge in [0.25, 0.3) is 5.91 Å². The van der Waals surface area contributed by atoms with Crippen molar-refractivity contribution in [3.05, 3.63) is 71.3 Å². The number of carbonyl (C=O) groups is 3. The van der Waals surface area contributed by atoms with Crippen LogP contribution in [-0.2, 0) is 38.5 Å². The van der Waals surface area contributed by atoms with Gasteiger partial charge in [0.05, 0.1) is 18.9 Å². The summed E-state index contributed by atoms with van der Waals surface area (Å²) in [4.78, 5) is 40.3. The molecule has 0 saturated carbocycles. The third-order valence-electron chi connectivity index (χ3n) is 5.37. The lowest BCUT2D eigenvalue weighted by atomic mass is 10.0. The number of rotatable bonds is 14. The fourth-order valence-corrected chi connectivity index (χ4v) is 3.40. The van der Waals surface area contributed by atoms with Crippen LogP contribution >= 0.6 is 24.8 Å². The van der Waals surface area contributed by atoms with Crippen LogP contribution in [0.15, 0.2) is 54.6 Å². The molecule has 2 aromatic carbocycles. The maximum atomic E-state index is 12.0. The number of hydrogen-bond donors (Lipinski definition) is 4. The first-order chi connectivity index (χ1) is 16.5. The second kappa shape index (κ2) is 19.5. The average Bonchev–Trinajstić information content (AvgIpc) is 2.85. The molecule has 0 radical (unpaired) electrons. The van der Waals surface area contributed by atoms with E-state index in [0.717, 1.165) is 31.2 Å². The first-order valence-electron chi connectivity index (χ1n) is 11.8. The van der Waals surface area contributed by atoms with E-state index < -0.39 is 17.9 Å². The highest BCUT2D eigenvalue weighted by Gasteiger charge is 2.13. The van der Waals surface area contributed by atoms with Crippen LogP contribution in [0.25, 0.3) is 0 Å². The quantitative estimate of drug-likeness (QED) is 0.215. The number of carbonyl (C=O) groups excluding carboxylic acids is 3. The lowest BCUT2D eigenvalue weighted by Gasteiger charge is -2.11. The second-order valence-corrected chi connectivity index (χ2v) is 8.26. The molecule has 0 spiro atoms. The Morgan fingerprint density at radius 1 is 0.833 bits per heavy atom. The predicted octanol–water partition coefficient (Wildman–Crippen LogP) is 2.79. The Morgan fingerprint density at radius 3 is 2.03 bits per heavy atom. The lowest BCUT2D eigenvalue weighted by Crippen LogP contribution is -2.41. The largest absolute Gasteiger partial charge is 0.354 e. The first-order valence-corrected chi connectivity index (χ1v) is 11.8. The summed E-state index contributed by atoms with van der Waals surface area (Å²) in [5.74, 6) is -1.41. The zero-order valence-electron chi connectivity index (χ0n) is 20.4. The van der Waals surface area contributed by atoms with Gasteiger partial charge in [-0.3, -0.25) is 9.59 Å². The van der Waals surface area contributed by atoms with Gasteiger partial charge in [-0.1, -0.05) is 54.6 Å². The number of hydroxylamine groups is 1. The van der Waals surface area contributed by atoms with Gasteiger partial charge < -0.3 is 21.6 Å². The van der Waals surface area contributed by atoms with Gasteiger partial charge in [-0.2, -0.15) is 5.48 Å². The van der Waals surface area contributed by atoms with E-state index in [1.165, 1.54) is 11.1 Å². The Hall–Kier alpha value is -2.65. The van der Waals surface area contributed by atoms with Crippen molar-refractivity contribution in [1.82, 2.24) is 10.8 Å². The van der Waals surface area contributed by atoms with Crippen molar-refractivity contribution in [3.63, 3.8) is 0 Å². The normalized spacial score (nSPS) is 10.8. The van der Waals surface area contributed by atoms with E-state index in [1.807, 2.05) is 30.3 Å². The molecule has 0 aromatic heterocycles. The van der Waals surface area contributed by atoms with E-state index >= 15 is 0 Å². The Balaban J connectivity index is 0.00000612. The second-order valence-electron chi connectivity index (χ2n) is 8.26. The molecule has 0 aliphatic rings. The van der Waals surface area contributed by atoms with Crippen LogP contribution in [-0.4, -0.2) is 36.9 Å². The summed E-state index contributed by atoms with van der Waals surface area (Å²) < 4.78 is 0. The van der Waals surface area contributed by atoms with Crippen molar-refractivity contribution in [2.75, 3.05) is 13.1 Å². The molecular weight excluding hydrogens is 503 g/mol. The number of benzene rings is 2. The molecule has 0 heterocycles. The molecule has 0 aliphatic carbocycles. The van der Waals surface area contributed by atoms with Gasteiger partial charge in [-0.05, 0) is 61.8 Å². The van der Waals surface area contributed by atoms with Crippen LogP contribution in [0.4, 0.5) is 0 Å². The van der Waals surface area contributed by atoms with Crippen LogP contribution in [0, 0.1) is 0 Å². The van der Waals surface area contributed by atoms with Gasteiger partial charge in [0.15, 0.2) is 0 Å². The van der Waals surface area contributed by atoms with Crippen molar-refractivity contribution in [2.45, 2.75) is 57.4 Å². The molecule has 10 heteroatoms. The third kappa shape index (κ3) is 14.0. The number of halogens is 2. The summed E-state index contributed by atoms with van der Waals surface area (Å²) in [6.07, 6.45) is 5.47. The van der Waals surface area contributed by atoms with Crippen molar-refractivity contribution in [3.8, 4) is 0 Å². The molecular formula is C26H38Cl2N4O4. The van der Waals surface area contributed by atoms with Crippen molar-refractivity contribution in [1.29, 1.82) is 0 Å². The van der Waals surface area contributed by atoms with E-state index in [4.69, 9.17) is 16.3 Å². The van der Waals surface area contributed by atoms with Crippen molar-refractivity contribution < 1.29 is 19.2 Å². The number of amides is 2. The van der Waals surface area contributed by atoms with E-state index in [-0.39, 0.29) is 50.1 Å². The van der Waals surface area contributed by atoms with Crippen LogP contribution in [0.2, 0.25) is 0 Å². The third-order valence-corrected chi connectivity index (χ3v) is 5.37. The number of unbranched alkanes of at least 4 members (excludes halogenated alkanes) is 1. The summed E-state index contributed by atoms with van der Waals surface area (Å²) in [5.41, 5.74) is 16.7. The maximum absolute atomic E-state index is 12.0. The topological polar surface area (TPSA) is 137 Å². The maximum Gasteiger partial charge on any atom is 0.334 e. The number of nitrogens with two attached hydrogens (primary N) is 2. The SMILES string of the molecule is Cl.Cl.NCCCC(N)C(=O)NCCC(=O)ONC(=O)Cc1ccc(CCCCc2ccccc2)cc1. The zero-order valence-corrected chi connectivity index (χ0v) is 22.1. The lowest BCUT2D eigenvalue weighted by molar-refractivity contribution is -0.158. The highest BCUT2D eigenvalue weighted by Crippen LogP contribution is 2.11. The van der Waals surface area contributed by atoms with Gasteiger partial charge in [0.1, 0.15) is 0 Å². The van der Waals surface area contributed by atoms with E-state index in [9.17, 15) is 14.4 Å². The molecule has 0 saturated heterocycles. The van der Waals surface area contributed by atoms with Crippen molar-refractivity contribution in [2.24, 2.45) is 11.5 Å². The smallest absolute Gasteiger partial charge is 0.334 e. The predicted molar refractivity (Wildman–Crippen MR) is 146 cm³/mol. The molecule has 1 unspecified atom stereocenters. The summed E-state index contributed by atoms with van der Waals surface area (Å²) >= 11 is 0. The molecule has 1 atom stereocenters. The van der Waals surface area contributed by atoms with Crippen LogP contribution in [0.3, 0.4) is 0 Å². The molecule has 0 aliphatic heterocycles. The fraction of sp³-hybridized carbons (Fsp3) is 0.423. The van der Waals surface area contributed by atoms with Gasteiger partial charge >= 0.3 is 5.97 Å². The molecule has 200 valence electrons. The van der Waals surface area contributed by atoms with Gasteiger partial charge in [0.2, 0.25) is 5.91 Å². The zero-order chi connectivity index (χ0) is 24.6. The highest BCUT2D eigenvalue weighted by molar-refractivity contribution is 5.85. The minimum Gasteiger partial charge on any atom is -0.354 e. The van der Waals surface area contributed by atoms with Crippen LogP contribution < -0.4 is 22.3 Å². The monoisotopic (exact) mass is 540 g/mol. The Bertz CT molecular complexity index is 899. The Labute approximate surface area is 225 Å². The molecule has 2 aromatic rings. The van der Waals surface area contributed by atoms with Gasteiger partial charge in [0, 0.05) is 6.54 Å². The summed E-state index contributed by atoms with van der Waals surface area (Å²) in [6.45, 7) is 0.545. The summed E-state index contributed by atoms with van der Waals surface area (Å²) in [5, 5.41) is 2.56. The molecule has 36 heavy (non-hydrogen) atoms. The summed E-state index contributed by atoms with van der Waals surface area (Å²) in [6, 6.07) is 17.7. The standard InChI is InChI=1S/C26H36N4O4.2ClH/c27-17-6-11-23(28)26(33)29-18-16-25(32)34-30-24(31)19-22-14-12-21(13-15-22)10-5-4-9-20-7-2-1-3-8-20;;/h1-3,7-8,12-15,23H,4-6,9-11,16-19,27-28H2,(H,29,33)(H,30,31);2*1H. The number of aryl methyl sites for hydroxylation is 2. The van der Waals surface area contributed by atoms with Gasteiger partial charge in [-0.25, -0.2) is 4.79 Å². The molecule has 2 rings (SSSR count). The molecule has 0 fully saturated rings. The van der Waals surface area contributed by atoms with Crippen LogP contribution in [0.1, 0.15) is 48.8 Å². The van der Waals surface area contributed by atoms with E-state index in [0.29, 0.717) is 19.4 Å². The molecule has 2 amide bonds. The number of nitrogens with one attached hydrogen (secondary N) is 2. The molecule has 8 nitrogen and oxygen atoms in total.